The van der Waals surface area contributed by atoms with E-state index in [0.29, 0.717) is 0 Å². The third-order valence-electron chi connectivity index (χ3n) is 4.20. The molecule has 2 heterocycles. The first kappa shape index (κ1) is 18.3. The van der Waals surface area contributed by atoms with Crippen LogP contribution in [0.4, 0.5) is 0 Å². The average Bonchev–Trinajstić information content (AvgIpc) is 3.08. The van der Waals surface area contributed by atoms with E-state index in [2.05, 4.69) is 58.2 Å². The Bertz CT molecular complexity index is 867. The quantitative estimate of drug-likeness (QED) is 0.399. The Morgan fingerprint density at radius 1 is 1.23 bits per heavy atom. The largest absolute Gasteiger partial charge is 0.356 e. The number of benzene rings is 1. The molecule has 0 aliphatic carbocycles. The zero-order valence-electron chi connectivity index (χ0n) is 15.5. The van der Waals surface area contributed by atoms with Gasteiger partial charge in [0.15, 0.2) is 5.96 Å². The number of aryl methyl sites for hydroxylation is 1. The van der Waals surface area contributed by atoms with Crippen LogP contribution in [0.2, 0.25) is 0 Å². The van der Waals surface area contributed by atoms with E-state index in [1.54, 1.807) is 18.8 Å². The Hall–Kier alpha value is -2.47. The normalized spacial score (nSPS) is 11.7. The average molecular weight is 368 g/mol. The van der Waals surface area contributed by atoms with Gasteiger partial charge in [0.25, 0.3) is 0 Å². The fraction of sp³-hybridized carbons (Fsp3) is 0.300. The molecule has 0 amide bonds. The van der Waals surface area contributed by atoms with Crippen LogP contribution in [0.15, 0.2) is 58.7 Å². The summed E-state index contributed by atoms with van der Waals surface area (Å²) in [5.41, 5.74) is 4.62. The highest BCUT2D eigenvalue weighted by molar-refractivity contribution is 7.98. The van der Waals surface area contributed by atoms with Crippen LogP contribution < -0.4 is 10.6 Å². The van der Waals surface area contributed by atoms with Gasteiger partial charge >= 0.3 is 0 Å². The van der Waals surface area contributed by atoms with Gasteiger partial charge in [-0.25, -0.2) is 4.98 Å². The second-order valence-corrected chi connectivity index (χ2v) is 6.96. The lowest BCUT2D eigenvalue weighted by atomic mass is 10.1. The van der Waals surface area contributed by atoms with Gasteiger partial charge in [0.2, 0.25) is 0 Å². The Morgan fingerprint density at radius 3 is 2.88 bits per heavy atom. The molecule has 136 valence electrons. The number of nitrogens with zero attached hydrogens (tertiary/aromatic N) is 3. The summed E-state index contributed by atoms with van der Waals surface area (Å²) in [4.78, 5) is 10.2. The molecule has 0 aliphatic rings. The topological polar surface area (TPSA) is 53.7 Å². The van der Waals surface area contributed by atoms with Gasteiger partial charge in [-0.05, 0) is 42.5 Å². The minimum absolute atomic E-state index is 0.754. The van der Waals surface area contributed by atoms with Crippen LogP contribution in [-0.4, -0.2) is 35.2 Å². The number of fused-ring (bicyclic) bond motifs is 1. The summed E-state index contributed by atoms with van der Waals surface area (Å²) in [7, 11) is 1.80. The lowest BCUT2D eigenvalue weighted by Crippen LogP contribution is -2.38. The Balaban J connectivity index is 1.52. The minimum atomic E-state index is 0.754. The van der Waals surface area contributed by atoms with Crippen LogP contribution >= 0.6 is 11.8 Å². The number of rotatable bonds is 6. The van der Waals surface area contributed by atoms with Crippen molar-refractivity contribution in [1.29, 1.82) is 0 Å². The predicted octanol–water partition coefficient (Wildman–Crippen LogP) is 3.27. The van der Waals surface area contributed by atoms with Crippen LogP contribution in [0.3, 0.4) is 0 Å². The molecule has 0 spiro atoms. The molecule has 1 aromatic carbocycles. The molecule has 2 N–H and O–H groups in total. The molecule has 6 heteroatoms. The molecule has 0 aliphatic heterocycles. The van der Waals surface area contributed by atoms with Crippen molar-refractivity contribution < 1.29 is 0 Å². The molecule has 0 saturated carbocycles. The van der Waals surface area contributed by atoms with E-state index in [1.807, 2.05) is 28.8 Å². The summed E-state index contributed by atoms with van der Waals surface area (Å²) in [5, 5.41) is 6.76. The second-order valence-electron chi connectivity index (χ2n) is 6.12. The maximum Gasteiger partial charge on any atom is 0.191 e. The van der Waals surface area contributed by atoms with E-state index in [4.69, 9.17) is 0 Å². The lowest BCUT2D eigenvalue weighted by molar-refractivity contribution is 0.782. The fourth-order valence-electron chi connectivity index (χ4n) is 2.81. The molecule has 5 nitrogen and oxygen atoms in total. The molecule has 0 unspecified atom stereocenters. The molecule has 0 atom stereocenters. The number of pyridine rings is 1. The van der Waals surface area contributed by atoms with Crippen molar-refractivity contribution in [3.8, 4) is 0 Å². The number of aliphatic imine (C=N–C) groups is 1. The lowest BCUT2D eigenvalue weighted by Gasteiger charge is -2.13. The standard InChI is InChI=1S/C20H25N5S/c1-15-7-8-16(18(12-15)26-3)13-23-20(21-2)22-10-9-17-14-25-11-5-4-6-19(25)24-17/h4-8,11-12,14H,9-10,13H2,1-3H3,(H2,21,22,23). The van der Waals surface area contributed by atoms with Gasteiger partial charge < -0.3 is 15.0 Å². The van der Waals surface area contributed by atoms with E-state index in [0.717, 1.165) is 36.8 Å². The van der Waals surface area contributed by atoms with E-state index < -0.39 is 0 Å². The molecule has 26 heavy (non-hydrogen) atoms. The van der Waals surface area contributed by atoms with Crippen LogP contribution in [0.1, 0.15) is 16.8 Å². The number of hydrogen-bond donors (Lipinski definition) is 2. The van der Waals surface area contributed by atoms with Crippen molar-refractivity contribution in [2.45, 2.75) is 24.8 Å². The third-order valence-corrected chi connectivity index (χ3v) is 5.02. The zero-order valence-corrected chi connectivity index (χ0v) is 16.3. The van der Waals surface area contributed by atoms with Gasteiger partial charge in [0.05, 0.1) is 5.69 Å². The summed E-state index contributed by atoms with van der Waals surface area (Å²) in [6.45, 7) is 3.66. The molecule has 3 rings (SSSR count). The monoisotopic (exact) mass is 367 g/mol. The summed E-state index contributed by atoms with van der Waals surface area (Å²) < 4.78 is 2.05. The number of guanidine groups is 1. The van der Waals surface area contributed by atoms with E-state index in [1.165, 1.54) is 16.0 Å². The van der Waals surface area contributed by atoms with Gasteiger partial charge in [0, 0.05) is 43.8 Å². The maximum atomic E-state index is 4.62. The van der Waals surface area contributed by atoms with Crippen molar-refractivity contribution in [3.05, 3.63) is 65.6 Å². The van der Waals surface area contributed by atoms with Gasteiger partial charge in [-0.1, -0.05) is 18.2 Å². The first-order valence-electron chi connectivity index (χ1n) is 8.70. The summed E-state index contributed by atoms with van der Waals surface area (Å²) in [6, 6.07) is 12.6. The van der Waals surface area contributed by atoms with Gasteiger partial charge in [-0.2, -0.15) is 0 Å². The fourth-order valence-corrected chi connectivity index (χ4v) is 3.52. The Kier molecular flexibility index (Phi) is 6.17. The highest BCUT2D eigenvalue weighted by atomic mass is 32.2. The summed E-state index contributed by atoms with van der Waals surface area (Å²) in [6.07, 6.45) is 7.05. The maximum absolute atomic E-state index is 4.62. The molecular weight excluding hydrogens is 342 g/mol. The molecule has 0 fully saturated rings. The van der Waals surface area contributed by atoms with Crippen molar-refractivity contribution in [2.24, 2.45) is 4.99 Å². The molecule has 3 aromatic rings. The third kappa shape index (κ3) is 4.58. The van der Waals surface area contributed by atoms with Crippen molar-refractivity contribution >= 4 is 23.4 Å². The summed E-state index contributed by atoms with van der Waals surface area (Å²) in [5.74, 6) is 0.807. The Morgan fingerprint density at radius 2 is 2.12 bits per heavy atom. The molecule has 0 saturated heterocycles. The minimum Gasteiger partial charge on any atom is -0.356 e. The predicted molar refractivity (Wildman–Crippen MR) is 110 cm³/mol. The molecule has 0 bridgehead atoms. The van der Waals surface area contributed by atoms with Gasteiger partial charge in [-0.15, -0.1) is 11.8 Å². The van der Waals surface area contributed by atoms with E-state index in [-0.39, 0.29) is 0 Å². The van der Waals surface area contributed by atoms with Crippen LogP contribution in [0, 0.1) is 6.92 Å². The zero-order chi connectivity index (χ0) is 18.4. The van der Waals surface area contributed by atoms with Crippen molar-refractivity contribution in [3.63, 3.8) is 0 Å². The number of hydrogen-bond acceptors (Lipinski definition) is 3. The molecular formula is C20H25N5S. The SMILES string of the molecule is CN=C(NCCc1cn2ccccc2n1)NCc1ccc(C)cc1SC. The molecule has 0 radical (unpaired) electrons. The summed E-state index contributed by atoms with van der Waals surface area (Å²) >= 11 is 1.78. The second kappa shape index (κ2) is 8.76. The van der Waals surface area contributed by atoms with Gasteiger partial charge in [-0.3, -0.25) is 4.99 Å². The number of aromatic nitrogens is 2. The number of nitrogens with one attached hydrogen (secondary N) is 2. The van der Waals surface area contributed by atoms with Crippen molar-refractivity contribution in [2.75, 3.05) is 19.8 Å². The molecule has 2 aromatic heterocycles. The van der Waals surface area contributed by atoms with Crippen LogP contribution in [-0.2, 0) is 13.0 Å². The van der Waals surface area contributed by atoms with Crippen molar-refractivity contribution in [1.82, 2.24) is 20.0 Å². The van der Waals surface area contributed by atoms with Crippen LogP contribution in [0.5, 0.6) is 0 Å². The number of imidazole rings is 1. The van der Waals surface area contributed by atoms with E-state index in [9.17, 15) is 0 Å². The Labute approximate surface area is 158 Å². The number of thioether (sulfide) groups is 1. The van der Waals surface area contributed by atoms with E-state index >= 15 is 0 Å². The van der Waals surface area contributed by atoms with Gasteiger partial charge in [0.1, 0.15) is 5.65 Å². The van der Waals surface area contributed by atoms with Crippen LogP contribution in [0.25, 0.3) is 5.65 Å². The highest BCUT2D eigenvalue weighted by Gasteiger charge is 2.05. The highest BCUT2D eigenvalue weighted by Crippen LogP contribution is 2.21. The first-order chi connectivity index (χ1) is 12.7. The first-order valence-corrected chi connectivity index (χ1v) is 9.92. The smallest absolute Gasteiger partial charge is 0.191 e.